The smallest absolute Gasteiger partial charge is 0.368 e. The van der Waals surface area contributed by atoms with E-state index in [-0.39, 0.29) is 16.7 Å². The Hall–Kier alpha value is -1.26. The van der Waals surface area contributed by atoms with Gasteiger partial charge in [0.25, 0.3) is 0 Å². The van der Waals surface area contributed by atoms with Crippen molar-refractivity contribution in [3.8, 4) is 0 Å². The molecule has 1 aliphatic rings. The quantitative estimate of drug-likeness (QED) is 0.750. The van der Waals surface area contributed by atoms with E-state index in [0.717, 1.165) is 10.4 Å². The van der Waals surface area contributed by atoms with Crippen LogP contribution in [0.25, 0.3) is 0 Å². The van der Waals surface area contributed by atoms with Crippen molar-refractivity contribution in [3.05, 3.63) is 58.3 Å². The van der Waals surface area contributed by atoms with Crippen LogP contribution in [0, 0.1) is 0 Å². The molecule has 86 valence electrons. The Bertz CT molecular complexity index is 507. The van der Waals surface area contributed by atoms with E-state index < -0.39 is 0 Å². The first kappa shape index (κ1) is 10.9. The number of rotatable bonds is 2. The van der Waals surface area contributed by atoms with Gasteiger partial charge in [0, 0.05) is 4.88 Å². The van der Waals surface area contributed by atoms with E-state index in [1.54, 1.807) is 11.3 Å². The second kappa shape index (κ2) is 4.55. The summed E-state index contributed by atoms with van der Waals surface area (Å²) in [6, 6.07) is 14.0. The monoisotopic (exact) mass is 262 g/mol. The maximum atomic E-state index is 11.5. The van der Waals surface area contributed by atoms with E-state index in [1.165, 1.54) is 11.8 Å². The van der Waals surface area contributed by atoms with Crippen molar-refractivity contribution in [2.24, 2.45) is 0 Å². The Morgan fingerprint density at radius 3 is 2.59 bits per heavy atom. The van der Waals surface area contributed by atoms with Crippen molar-refractivity contribution in [2.45, 2.75) is 11.4 Å². The molecule has 17 heavy (non-hydrogen) atoms. The van der Waals surface area contributed by atoms with Crippen LogP contribution in [0.3, 0.4) is 0 Å². The number of thiophene rings is 1. The Morgan fingerprint density at radius 1 is 1.06 bits per heavy atom. The van der Waals surface area contributed by atoms with Gasteiger partial charge >= 0.3 is 5.30 Å². The lowest BCUT2D eigenvalue weighted by Gasteiger charge is -2.15. The van der Waals surface area contributed by atoms with Crippen LogP contribution in [0.1, 0.15) is 21.8 Å². The average Bonchev–Trinajstić information content (AvgIpc) is 2.98. The molecule has 2 atom stereocenters. The minimum Gasteiger partial charge on any atom is -0.447 e. The van der Waals surface area contributed by atoms with Crippen molar-refractivity contribution in [1.82, 2.24) is 0 Å². The summed E-state index contributed by atoms with van der Waals surface area (Å²) in [6.45, 7) is 0. The van der Waals surface area contributed by atoms with Crippen LogP contribution in [-0.2, 0) is 4.74 Å². The molecule has 2 nitrogen and oxygen atoms in total. The normalized spacial score (nSPS) is 23.6. The summed E-state index contributed by atoms with van der Waals surface area (Å²) in [6.07, 6.45) is -0.144. The minimum absolute atomic E-state index is 0.0716. The fourth-order valence-electron chi connectivity index (χ4n) is 1.90. The zero-order chi connectivity index (χ0) is 11.7. The van der Waals surface area contributed by atoms with E-state index in [9.17, 15) is 4.79 Å². The molecule has 0 radical (unpaired) electrons. The summed E-state index contributed by atoms with van der Waals surface area (Å²) >= 11 is 2.90. The number of cyclic esters (lactones) is 1. The summed E-state index contributed by atoms with van der Waals surface area (Å²) in [5, 5.41) is 1.90. The molecular weight excluding hydrogens is 252 g/mol. The molecule has 0 N–H and O–H groups in total. The third kappa shape index (κ3) is 2.10. The molecule has 0 unspecified atom stereocenters. The molecular formula is C13H10O2S2. The standard InChI is InChI=1S/C13H10O2S2/c14-13-15-11(10-7-4-8-16-10)12(17-13)9-5-2-1-3-6-9/h1-8,11-12H/t11-,12-/m0/s1. The summed E-state index contributed by atoms with van der Waals surface area (Å²) < 4.78 is 5.41. The zero-order valence-electron chi connectivity index (χ0n) is 8.91. The number of benzene rings is 1. The van der Waals surface area contributed by atoms with Gasteiger partial charge in [-0.15, -0.1) is 11.3 Å². The molecule has 2 heterocycles. The molecule has 0 saturated carbocycles. The Morgan fingerprint density at radius 2 is 1.88 bits per heavy atom. The van der Waals surface area contributed by atoms with Crippen LogP contribution in [-0.4, -0.2) is 5.30 Å². The maximum absolute atomic E-state index is 11.5. The Balaban J connectivity index is 1.95. The highest BCUT2D eigenvalue weighted by molar-refractivity contribution is 8.13. The minimum atomic E-state index is -0.183. The predicted octanol–water partition coefficient (Wildman–Crippen LogP) is 4.41. The number of hydrogen-bond acceptors (Lipinski definition) is 4. The van der Waals surface area contributed by atoms with E-state index in [2.05, 4.69) is 0 Å². The van der Waals surface area contributed by atoms with Gasteiger partial charge < -0.3 is 4.74 Å². The van der Waals surface area contributed by atoms with Gasteiger partial charge in [0.1, 0.15) is 0 Å². The van der Waals surface area contributed by atoms with E-state index in [4.69, 9.17) is 4.74 Å². The zero-order valence-corrected chi connectivity index (χ0v) is 10.5. The van der Waals surface area contributed by atoms with Crippen LogP contribution in [0.4, 0.5) is 4.79 Å². The number of hydrogen-bond donors (Lipinski definition) is 0. The van der Waals surface area contributed by atoms with Gasteiger partial charge in [-0.1, -0.05) is 36.4 Å². The van der Waals surface area contributed by atoms with Gasteiger partial charge in [-0.25, -0.2) is 4.79 Å². The van der Waals surface area contributed by atoms with Gasteiger partial charge in [0.2, 0.25) is 0 Å². The summed E-state index contributed by atoms with van der Waals surface area (Å²) in [7, 11) is 0. The summed E-state index contributed by atoms with van der Waals surface area (Å²) in [5.41, 5.74) is 1.14. The fraction of sp³-hybridized carbons (Fsp3) is 0.154. The Labute approximate surface area is 108 Å². The van der Waals surface area contributed by atoms with Crippen molar-refractivity contribution >= 4 is 28.4 Å². The molecule has 1 aliphatic heterocycles. The SMILES string of the molecule is O=C1O[C@@H](c2cccs2)[C@H](c2ccccc2)S1. The molecule has 1 saturated heterocycles. The first-order valence-electron chi connectivity index (χ1n) is 5.30. The molecule has 1 aromatic carbocycles. The number of carbonyl (C=O) groups excluding carboxylic acids is 1. The van der Waals surface area contributed by atoms with Gasteiger partial charge in [-0.2, -0.15) is 0 Å². The highest BCUT2D eigenvalue weighted by Gasteiger charge is 2.38. The third-order valence-corrected chi connectivity index (χ3v) is 4.67. The van der Waals surface area contributed by atoms with Crippen LogP contribution in [0.5, 0.6) is 0 Å². The predicted molar refractivity (Wildman–Crippen MR) is 70.3 cm³/mol. The number of carbonyl (C=O) groups is 1. The lowest BCUT2D eigenvalue weighted by molar-refractivity contribution is 0.135. The molecule has 0 bridgehead atoms. The van der Waals surface area contributed by atoms with Crippen LogP contribution in [0.2, 0.25) is 0 Å². The molecule has 2 aromatic rings. The molecule has 0 amide bonds. The summed E-state index contributed by atoms with van der Waals surface area (Å²) in [4.78, 5) is 12.6. The molecule has 4 heteroatoms. The Kier molecular flexibility index (Phi) is 2.91. The van der Waals surface area contributed by atoms with Crippen molar-refractivity contribution in [2.75, 3.05) is 0 Å². The lowest BCUT2D eigenvalue weighted by Crippen LogP contribution is -2.03. The third-order valence-electron chi connectivity index (χ3n) is 2.67. The second-order valence-corrected chi connectivity index (χ2v) is 5.81. The molecule has 0 spiro atoms. The summed E-state index contributed by atoms with van der Waals surface area (Å²) in [5.74, 6) is 0. The van der Waals surface area contributed by atoms with Gasteiger partial charge in [-0.05, 0) is 28.8 Å². The average molecular weight is 262 g/mol. The highest BCUT2D eigenvalue weighted by atomic mass is 32.2. The maximum Gasteiger partial charge on any atom is 0.368 e. The van der Waals surface area contributed by atoms with Crippen molar-refractivity contribution in [3.63, 3.8) is 0 Å². The topological polar surface area (TPSA) is 26.3 Å². The number of thioether (sulfide) groups is 1. The van der Waals surface area contributed by atoms with Crippen molar-refractivity contribution in [1.29, 1.82) is 0 Å². The van der Waals surface area contributed by atoms with Crippen LogP contribution < -0.4 is 0 Å². The van der Waals surface area contributed by atoms with Gasteiger partial charge in [0.15, 0.2) is 6.10 Å². The van der Waals surface area contributed by atoms with Crippen molar-refractivity contribution < 1.29 is 9.53 Å². The van der Waals surface area contributed by atoms with Gasteiger partial charge in [0.05, 0.1) is 5.25 Å². The fourth-order valence-corrected chi connectivity index (χ4v) is 3.77. The molecule has 1 fully saturated rings. The highest BCUT2D eigenvalue weighted by Crippen LogP contribution is 2.50. The molecule has 1 aromatic heterocycles. The van der Waals surface area contributed by atoms with E-state index >= 15 is 0 Å². The van der Waals surface area contributed by atoms with Crippen LogP contribution >= 0.6 is 23.1 Å². The van der Waals surface area contributed by atoms with Gasteiger partial charge in [-0.3, -0.25) is 0 Å². The largest absolute Gasteiger partial charge is 0.447 e. The molecule has 0 aliphatic carbocycles. The van der Waals surface area contributed by atoms with E-state index in [1.807, 2.05) is 47.8 Å². The van der Waals surface area contributed by atoms with E-state index in [0.29, 0.717) is 0 Å². The van der Waals surface area contributed by atoms with Crippen LogP contribution in [0.15, 0.2) is 47.8 Å². The lowest BCUT2D eigenvalue weighted by atomic mass is 10.1. The first-order valence-corrected chi connectivity index (χ1v) is 7.06. The second-order valence-electron chi connectivity index (χ2n) is 3.75. The first-order chi connectivity index (χ1) is 8.34. The number of ether oxygens (including phenoxy) is 1. The molecule has 3 rings (SSSR count).